The Labute approximate surface area is 152 Å². The highest BCUT2D eigenvalue weighted by atomic mass is 19.4. The zero-order chi connectivity index (χ0) is 19.3. The van der Waals surface area contributed by atoms with E-state index in [4.69, 9.17) is 0 Å². The first-order valence-electron chi connectivity index (χ1n) is 8.24. The first kappa shape index (κ1) is 17.3. The van der Waals surface area contributed by atoms with Gasteiger partial charge in [-0.15, -0.1) is 0 Å². The van der Waals surface area contributed by atoms with Crippen LogP contribution in [0.15, 0.2) is 31.0 Å². The molecule has 0 aliphatic carbocycles. The van der Waals surface area contributed by atoms with Crippen molar-refractivity contribution in [1.29, 1.82) is 0 Å². The molecule has 1 aromatic carbocycles. The summed E-state index contributed by atoms with van der Waals surface area (Å²) in [5.74, 6) is -0.696. The van der Waals surface area contributed by atoms with Gasteiger partial charge in [-0.25, -0.2) is 0 Å². The SMILES string of the molecule is C=CC(=O)N1Cc2cn(Cc3cc4c(c(C(F)(F)F)c3)CNC4=O)nc2C1. The summed E-state index contributed by atoms with van der Waals surface area (Å²) in [6, 6.07) is 2.55. The average molecular weight is 376 g/mol. The predicted molar refractivity (Wildman–Crippen MR) is 88.4 cm³/mol. The molecule has 4 rings (SSSR count). The van der Waals surface area contributed by atoms with Gasteiger partial charge in [-0.3, -0.25) is 14.3 Å². The molecule has 0 saturated carbocycles. The Morgan fingerprint density at radius 3 is 2.78 bits per heavy atom. The number of carbonyl (C=O) groups excluding carboxylic acids is 2. The molecule has 1 aromatic heterocycles. The molecule has 0 fully saturated rings. The van der Waals surface area contributed by atoms with Crippen molar-refractivity contribution >= 4 is 11.8 Å². The standard InChI is InChI=1S/C18H15F3N4O2/c1-2-16(26)24-7-11-8-25(23-15(11)9-24)6-10-3-12-13(5-22-17(12)27)14(4-10)18(19,20)21/h2-4,8H,1,5-7,9H2,(H,22,27). The van der Waals surface area contributed by atoms with Crippen molar-refractivity contribution < 1.29 is 22.8 Å². The van der Waals surface area contributed by atoms with Crippen LogP contribution in [0.2, 0.25) is 0 Å². The predicted octanol–water partition coefficient (Wildman–Crippen LogP) is 2.22. The number of alkyl halides is 3. The van der Waals surface area contributed by atoms with Crippen molar-refractivity contribution in [3.63, 3.8) is 0 Å². The molecule has 27 heavy (non-hydrogen) atoms. The maximum Gasteiger partial charge on any atom is 0.416 e. The van der Waals surface area contributed by atoms with E-state index < -0.39 is 17.6 Å². The number of fused-ring (bicyclic) bond motifs is 2. The number of amides is 2. The highest BCUT2D eigenvalue weighted by Gasteiger charge is 2.37. The molecule has 2 aromatic rings. The quantitative estimate of drug-likeness (QED) is 0.836. The van der Waals surface area contributed by atoms with Gasteiger partial charge in [0, 0.05) is 30.4 Å². The summed E-state index contributed by atoms with van der Waals surface area (Å²) in [6.45, 7) is 4.16. The van der Waals surface area contributed by atoms with Crippen LogP contribution in [0.3, 0.4) is 0 Å². The Kier molecular flexibility index (Phi) is 3.83. The van der Waals surface area contributed by atoms with E-state index in [1.54, 1.807) is 11.1 Å². The molecule has 0 spiro atoms. The van der Waals surface area contributed by atoms with Gasteiger partial charge < -0.3 is 10.2 Å². The summed E-state index contributed by atoms with van der Waals surface area (Å²) >= 11 is 0. The second-order valence-corrected chi connectivity index (χ2v) is 6.55. The molecule has 9 heteroatoms. The molecule has 0 unspecified atom stereocenters. The molecule has 1 N–H and O–H groups in total. The number of hydrogen-bond donors (Lipinski definition) is 1. The van der Waals surface area contributed by atoms with Crippen LogP contribution in [0, 0.1) is 0 Å². The fourth-order valence-corrected chi connectivity index (χ4v) is 3.50. The van der Waals surface area contributed by atoms with Crippen LogP contribution >= 0.6 is 0 Å². The zero-order valence-corrected chi connectivity index (χ0v) is 14.1. The summed E-state index contributed by atoms with van der Waals surface area (Å²) in [5, 5.41) is 6.80. The van der Waals surface area contributed by atoms with E-state index in [9.17, 15) is 22.8 Å². The van der Waals surface area contributed by atoms with Crippen molar-refractivity contribution in [3.8, 4) is 0 Å². The summed E-state index contributed by atoms with van der Waals surface area (Å²) in [5.41, 5.74) is 1.15. The third-order valence-electron chi connectivity index (χ3n) is 4.74. The van der Waals surface area contributed by atoms with E-state index in [2.05, 4.69) is 17.0 Å². The van der Waals surface area contributed by atoms with E-state index >= 15 is 0 Å². The highest BCUT2D eigenvalue weighted by Crippen LogP contribution is 2.36. The van der Waals surface area contributed by atoms with E-state index in [-0.39, 0.29) is 30.1 Å². The van der Waals surface area contributed by atoms with Crippen molar-refractivity contribution in [2.75, 3.05) is 0 Å². The molecule has 2 amide bonds. The maximum absolute atomic E-state index is 13.4. The van der Waals surface area contributed by atoms with Gasteiger partial charge in [-0.1, -0.05) is 6.58 Å². The lowest BCUT2D eigenvalue weighted by Gasteiger charge is -2.14. The van der Waals surface area contributed by atoms with E-state index in [0.29, 0.717) is 24.3 Å². The molecule has 0 atom stereocenters. The highest BCUT2D eigenvalue weighted by molar-refractivity contribution is 5.99. The number of halogens is 3. The molecule has 0 saturated heterocycles. The summed E-state index contributed by atoms with van der Waals surface area (Å²) in [6.07, 6.45) is -1.59. The molecule has 2 aliphatic rings. The second-order valence-electron chi connectivity index (χ2n) is 6.55. The molecule has 0 radical (unpaired) electrons. The second kappa shape index (κ2) is 5.97. The lowest BCUT2D eigenvalue weighted by atomic mass is 9.99. The first-order valence-corrected chi connectivity index (χ1v) is 8.24. The minimum absolute atomic E-state index is 0.0159. The van der Waals surface area contributed by atoms with Gasteiger partial charge in [-0.05, 0) is 29.3 Å². The fourth-order valence-electron chi connectivity index (χ4n) is 3.50. The van der Waals surface area contributed by atoms with Crippen LogP contribution in [0.1, 0.15) is 38.3 Å². The minimum atomic E-state index is -4.54. The van der Waals surface area contributed by atoms with Crippen LogP contribution in [-0.4, -0.2) is 26.5 Å². The van der Waals surface area contributed by atoms with Gasteiger partial charge >= 0.3 is 6.18 Å². The molecule has 2 aliphatic heterocycles. The molecule has 0 bridgehead atoms. The van der Waals surface area contributed by atoms with Gasteiger partial charge in [0.25, 0.3) is 5.91 Å². The largest absolute Gasteiger partial charge is 0.416 e. The van der Waals surface area contributed by atoms with Crippen LogP contribution in [0.4, 0.5) is 13.2 Å². The Hall–Kier alpha value is -3.10. The number of nitrogens with one attached hydrogen (secondary N) is 1. The lowest BCUT2D eigenvalue weighted by molar-refractivity contribution is -0.138. The van der Waals surface area contributed by atoms with Gasteiger partial charge in [-0.2, -0.15) is 18.3 Å². The van der Waals surface area contributed by atoms with Gasteiger partial charge in [0.15, 0.2) is 0 Å². The fraction of sp³-hybridized carbons (Fsp3) is 0.278. The Morgan fingerprint density at radius 1 is 1.33 bits per heavy atom. The number of hydrogen-bond acceptors (Lipinski definition) is 3. The number of nitrogens with zero attached hydrogens (tertiary/aromatic N) is 3. The number of aromatic nitrogens is 2. The molecule has 3 heterocycles. The van der Waals surface area contributed by atoms with Crippen LogP contribution < -0.4 is 5.32 Å². The van der Waals surface area contributed by atoms with E-state index in [1.165, 1.54) is 16.8 Å². The van der Waals surface area contributed by atoms with E-state index in [1.807, 2.05) is 0 Å². The lowest BCUT2D eigenvalue weighted by Crippen LogP contribution is -2.23. The summed E-state index contributed by atoms with van der Waals surface area (Å²) in [7, 11) is 0. The van der Waals surface area contributed by atoms with E-state index in [0.717, 1.165) is 11.6 Å². The Morgan fingerprint density at radius 2 is 2.11 bits per heavy atom. The normalized spacial score (nSPS) is 15.5. The van der Waals surface area contributed by atoms with Gasteiger partial charge in [0.05, 0.1) is 24.3 Å². The molecular weight excluding hydrogens is 361 g/mol. The number of carbonyl (C=O) groups is 2. The Balaban J connectivity index is 1.62. The monoisotopic (exact) mass is 376 g/mol. The maximum atomic E-state index is 13.4. The van der Waals surface area contributed by atoms with Crippen molar-refractivity contribution in [1.82, 2.24) is 20.0 Å². The first-order chi connectivity index (χ1) is 12.8. The summed E-state index contributed by atoms with van der Waals surface area (Å²) in [4.78, 5) is 25.1. The molecular formula is C18H15F3N4O2. The third kappa shape index (κ3) is 2.98. The minimum Gasteiger partial charge on any atom is -0.348 e. The number of rotatable bonds is 3. The molecule has 6 nitrogen and oxygen atoms in total. The van der Waals surface area contributed by atoms with Crippen LogP contribution in [0.25, 0.3) is 0 Å². The summed E-state index contributed by atoms with van der Waals surface area (Å²) < 4.78 is 41.6. The van der Waals surface area contributed by atoms with Crippen molar-refractivity contribution in [2.45, 2.75) is 32.4 Å². The van der Waals surface area contributed by atoms with Gasteiger partial charge in [0.1, 0.15) is 0 Å². The smallest absolute Gasteiger partial charge is 0.348 e. The van der Waals surface area contributed by atoms with Crippen molar-refractivity contribution in [3.05, 3.63) is 64.5 Å². The topological polar surface area (TPSA) is 67.2 Å². The van der Waals surface area contributed by atoms with Crippen LogP contribution in [0.5, 0.6) is 0 Å². The zero-order valence-electron chi connectivity index (χ0n) is 14.1. The van der Waals surface area contributed by atoms with Gasteiger partial charge in [0.2, 0.25) is 5.91 Å². The van der Waals surface area contributed by atoms with Crippen LogP contribution in [-0.2, 0) is 37.1 Å². The molecule has 140 valence electrons. The number of benzene rings is 1. The van der Waals surface area contributed by atoms with Crippen molar-refractivity contribution in [2.24, 2.45) is 0 Å². The Bertz CT molecular complexity index is 954. The average Bonchev–Trinajstić information content (AvgIpc) is 3.26. The third-order valence-corrected chi connectivity index (χ3v) is 4.74.